The number of benzene rings is 1. The number of aromatic nitrogens is 3. The smallest absolute Gasteiger partial charge is 0.204 e. The molecule has 156 valence electrons. The van der Waals surface area contributed by atoms with Gasteiger partial charge in [-0.2, -0.15) is 0 Å². The zero-order valence-corrected chi connectivity index (χ0v) is 18.5. The van der Waals surface area contributed by atoms with Gasteiger partial charge in [-0.15, -0.1) is 0 Å². The van der Waals surface area contributed by atoms with Gasteiger partial charge in [0.15, 0.2) is 5.82 Å². The van der Waals surface area contributed by atoms with E-state index in [2.05, 4.69) is 22.2 Å². The van der Waals surface area contributed by atoms with Crippen LogP contribution in [0.15, 0.2) is 24.3 Å². The molecule has 3 rings (SSSR count). The van der Waals surface area contributed by atoms with Gasteiger partial charge in [0.1, 0.15) is 5.52 Å². The lowest BCUT2D eigenvalue weighted by Gasteiger charge is -2.21. The Morgan fingerprint density at radius 2 is 1.75 bits per heavy atom. The van der Waals surface area contributed by atoms with Crippen molar-refractivity contribution >= 4 is 33.7 Å². The molecule has 6 nitrogen and oxygen atoms in total. The summed E-state index contributed by atoms with van der Waals surface area (Å²) < 4.78 is 2.02. The van der Waals surface area contributed by atoms with Crippen molar-refractivity contribution in [1.29, 1.82) is 0 Å². The second kappa shape index (κ2) is 10.9. The summed E-state index contributed by atoms with van der Waals surface area (Å²) in [6.07, 6.45) is 2.16. The average Bonchev–Trinajstić information content (AvgIpc) is 3.03. The molecule has 4 N–H and O–H groups in total. The summed E-state index contributed by atoms with van der Waals surface area (Å²) in [6.45, 7) is 15.0. The van der Waals surface area contributed by atoms with Crippen LogP contribution in [-0.2, 0) is 6.54 Å². The minimum absolute atomic E-state index is 0.414. The van der Waals surface area contributed by atoms with Crippen LogP contribution in [0.2, 0.25) is 0 Å². The van der Waals surface area contributed by atoms with Gasteiger partial charge in [-0.1, -0.05) is 59.2 Å². The van der Waals surface area contributed by atoms with E-state index in [0.717, 1.165) is 41.8 Å². The molecule has 0 radical (unpaired) electrons. The molecule has 0 spiro atoms. The Morgan fingerprint density at radius 3 is 2.36 bits per heavy atom. The second-order valence-electron chi connectivity index (χ2n) is 6.83. The van der Waals surface area contributed by atoms with Crippen molar-refractivity contribution in [2.45, 2.75) is 73.5 Å². The predicted molar refractivity (Wildman–Crippen MR) is 122 cm³/mol. The Morgan fingerprint density at radius 1 is 1.11 bits per heavy atom. The highest BCUT2D eigenvalue weighted by molar-refractivity contribution is 6.07. The van der Waals surface area contributed by atoms with Crippen LogP contribution in [0.5, 0.6) is 0 Å². The Labute approximate surface area is 169 Å². The molecule has 0 aliphatic heterocycles. The van der Waals surface area contributed by atoms with Crippen LogP contribution in [0.4, 0.5) is 11.8 Å². The lowest BCUT2D eigenvalue weighted by Crippen LogP contribution is -2.27. The van der Waals surface area contributed by atoms with Gasteiger partial charge in [0, 0.05) is 11.9 Å². The molecule has 0 aliphatic rings. The molecule has 6 heteroatoms. The number of nitrogens with one attached hydrogen (secondary N) is 1. The zero-order valence-electron chi connectivity index (χ0n) is 18.5. The third-order valence-electron chi connectivity index (χ3n) is 3.97. The first kappa shape index (κ1) is 23.7. The molecule has 0 unspecified atom stereocenters. The van der Waals surface area contributed by atoms with Gasteiger partial charge in [0.25, 0.3) is 0 Å². The third-order valence-corrected chi connectivity index (χ3v) is 3.97. The maximum Gasteiger partial charge on any atom is 0.204 e. The number of para-hydroxylation sites is 1. The first-order valence-electron chi connectivity index (χ1n) is 10.4. The fourth-order valence-electron chi connectivity index (χ4n) is 2.91. The number of aliphatic hydroxyl groups is 1. The fraction of sp³-hybridized carbons (Fsp3) is 0.545. The van der Waals surface area contributed by atoms with Crippen molar-refractivity contribution in [3.63, 3.8) is 0 Å². The van der Waals surface area contributed by atoms with E-state index >= 15 is 0 Å². The normalized spacial score (nSPS) is 10.9. The highest BCUT2D eigenvalue weighted by atomic mass is 16.3. The van der Waals surface area contributed by atoms with E-state index in [1.807, 2.05) is 56.5 Å². The third kappa shape index (κ3) is 5.58. The largest absolute Gasteiger partial charge is 0.389 e. The summed E-state index contributed by atoms with van der Waals surface area (Å²) in [5, 5.41) is 14.7. The number of imidazole rings is 1. The number of unbranched alkanes of at least 4 members (excludes halogenated alkanes) is 1. The van der Waals surface area contributed by atoms with E-state index in [9.17, 15) is 5.11 Å². The van der Waals surface area contributed by atoms with E-state index in [0.29, 0.717) is 17.9 Å². The van der Waals surface area contributed by atoms with Crippen molar-refractivity contribution < 1.29 is 5.11 Å². The maximum atomic E-state index is 10.4. The highest BCUT2D eigenvalue weighted by Gasteiger charge is 2.22. The van der Waals surface area contributed by atoms with Crippen molar-refractivity contribution in [3.05, 3.63) is 24.3 Å². The Kier molecular flexibility index (Phi) is 9.19. The number of anilines is 2. The van der Waals surface area contributed by atoms with Gasteiger partial charge in [0.05, 0.1) is 23.2 Å². The van der Waals surface area contributed by atoms with Gasteiger partial charge >= 0.3 is 0 Å². The Hall–Kier alpha value is -2.34. The van der Waals surface area contributed by atoms with Gasteiger partial charge in [-0.05, 0) is 26.3 Å². The molecule has 0 aliphatic carbocycles. The Balaban J connectivity index is 0.000000921. The van der Waals surface area contributed by atoms with Gasteiger partial charge < -0.3 is 20.7 Å². The molecule has 28 heavy (non-hydrogen) atoms. The molecule has 0 atom stereocenters. The van der Waals surface area contributed by atoms with E-state index in [-0.39, 0.29) is 0 Å². The number of hydrogen-bond acceptors (Lipinski definition) is 5. The number of hydrogen-bond donors (Lipinski definition) is 3. The summed E-state index contributed by atoms with van der Waals surface area (Å²) in [7, 11) is 0. The number of nitrogen functional groups attached to an aromatic ring is 1. The number of nitrogens with zero attached hydrogens (tertiary/aromatic N) is 3. The van der Waals surface area contributed by atoms with Crippen molar-refractivity contribution in [1.82, 2.24) is 14.5 Å². The second-order valence-corrected chi connectivity index (χ2v) is 6.83. The molecule has 0 saturated heterocycles. The molecular formula is C22H37N5O. The van der Waals surface area contributed by atoms with E-state index < -0.39 is 5.60 Å². The van der Waals surface area contributed by atoms with Crippen LogP contribution in [-0.4, -0.2) is 31.8 Å². The number of nitrogens with two attached hydrogens (primary N) is 1. The van der Waals surface area contributed by atoms with Crippen LogP contribution in [0.25, 0.3) is 21.9 Å². The molecule has 2 heterocycles. The summed E-state index contributed by atoms with van der Waals surface area (Å²) in [6, 6.07) is 7.88. The minimum atomic E-state index is -0.867. The molecule has 0 bridgehead atoms. The SMILES string of the molecule is CC.CC.CCCCNc1nc2c(N)nc3ccccc3c2n1CC(C)(C)O. The predicted octanol–water partition coefficient (Wildman–Crippen LogP) is 5.20. The topological polar surface area (TPSA) is 89.0 Å². The first-order chi connectivity index (χ1) is 13.4. The molecule has 3 aromatic rings. The van der Waals surface area contributed by atoms with Crippen LogP contribution >= 0.6 is 0 Å². The maximum absolute atomic E-state index is 10.4. The van der Waals surface area contributed by atoms with Crippen LogP contribution in [0.3, 0.4) is 0 Å². The number of fused-ring (bicyclic) bond motifs is 3. The van der Waals surface area contributed by atoms with Crippen LogP contribution in [0, 0.1) is 0 Å². The standard InChI is InChI=1S/C18H25N5O.2C2H6/c1-4-5-10-20-17-22-14-15(23(17)11-18(2,3)24)12-8-6-7-9-13(12)21-16(14)19;2*1-2/h6-9,24H,4-5,10-11H2,1-3H3,(H2,19,21)(H,20,22);2*1-2H3. The van der Waals surface area contributed by atoms with E-state index in [1.165, 1.54) is 0 Å². The monoisotopic (exact) mass is 387 g/mol. The van der Waals surface area contributed by atoms with Gasteiger partial charge in [-0.25, -0.2) is 9.97 Å². The minimum Gasteiger partial charge on any atom is -0.389 e. The van der Waals surface area contributed by atoms with E-state index in [4.69, 9.17) is 5.73 Å². The van der Waals surface area contributed by atoms with Crippen molar-refractivity contribution in [2.24, 2.45) is 0 Å². The molecule has 0 saturated carbocycles. The fourth-order valence-corrected chi connectivity index (χ4v) is 2.91. The molecule has 0 fully saturated rings. The first-order valence-corrected chi connectivity index (χ1v) is 10.4. The van der Waals surface area contributed by atoms with Gasteiger partial charge in [-0.3, -0.25) is 0 Å². The van der Waals surface area contributed by atoms with Crippen molar-refractivity contribution in [3.8, 4) is 0 Å². The Bertz CT molecular complexity index is 865. The average molecular weight is 388 g/mol. The van der Waals surface area contributed by atoms with E-state index in [1.54, 1.807) is 13.8 Å². The zero-order chi connectivity index (χ0) is 21.3. The summed E-state index contributed by atoms with van der Waals surface area (Å²) in [5.74, 6) is 1.14. The number of pyridine rings is 1. The van der Waals surface area contributed by atoms with Crippen LogP contribution in [0.1, 0.15) is 61.3 Å². The molecule has 0 amide bonds. The van der Waals surface area contributed by atoms with Crippen LogP contribution < -0.4 is 11.1 Å². The lowest BCUT2D eigenvalue weighted by molar-refractivity contribution is 0.0632. The summed E-state index contributed by atoms with van der Waals surface area (Å²) >= 11 is 0. The quantitative estimate of drug-likeness (QED) is 0.506. The molecule has 2 aromatic heterocycles. The summed E-state index contributed by atoms with van der Waals surface area (Å²) in [5.41, 5.74) is 7.71. The summed E-state index contributed by atoms with van der Waals surface area (Å²) in [4.78, 5) is 9.13. The lowest BCUT2D eigenvalue weighted by atomic mass is 10.1. The highest BCUT2D eigenvalue weighted by Crippen LogP contribution is 2.31. The number of rotatable bonds is 6. The molecule has 1 aromatic carbocycles. The molecular weight excluding hydrogens is 350 g/mol. The van der Waals surface area contributed by atoms with Gasteiger partial charge in [0.2, 0.25) is 5.95 Å². The van der Waals surface area contributed by atoms with Crippen molar-refractivity contribution in [2.75, 3.05) is 17.6 Å².